The van der Waals surface area contributed by atoms with E-state index in [1.165, 1.54) is 0 Å². The third-order valence-electron chi connectivity index (χ3n) is 2.99. The standard InChI is InChI=1S/C13H16N2O2/c1-14-7-8-15(13(14)17)12-6-2-4-11(10-12)5-3-9-16/h2,4,6,9-10H,3,5,7-8H2,1H3. The Morgan fingerprint density at radius 3 is 2.82 bits per heavy atom. The van der Waals surface area contributed by atoms with Gasteiger partial charge in [-0.1, -0.05) is 12.1 Å². The number of likely N-dealkylation sites (N-methyl/N-ethyl adjacent to an activating group) is 1. The maximum Gasteiger partial charge on any atom is 0.324 e. The Hall–Kier alpha value is -1.84. The minimum absolute atomic E-state index is 0.0394. The number of benzene rings is 1. The molecule has 4 nitrogen and oxygen atoms in total. The first-order valence-electron chi connectivity index (χ1n) is 5.77. The van der Waals surface area contributed by atoms with Crippen molar-refractivity contribution in [2.45, 2.75) is 12.8 Å². The van der Waals surface area contributed by atoms with Crippen molar-refractivity contribution in [1.82, 2.24) is 4.90 Å². The van der Waals surface area contributed by atoms with Crippen molar-refractivity contribution in [3.8, 4) is 0 Å². The van der Waals surface area contributed by atoms with Gasteiger partial charge in [0.05, 0.1) is 0 Å². The van der Waals surface area contributed by atoms with Gasteiger partial charge in [-0.15, -0.1) is 0 Å². The van der Waals surface area contributed by atoms with Crippen LogP contribution in [-0.4, -0.2) is 37.4 Å². The van der Waals surface area contributed by atoms with Gasteiger partial charge in [0.25, 0.3) is 0 Å². The van der Waals surface area contributed by atoms with Crippen LogP contribution in [0, 0.1) is 0 Å². The molecule has 0 N–H and O–H groups in total. The lowest BCUT2D eigenvalue weighted by Gasteiger charge is -2.16. The molecule has 0 aromatic heterocycles. The summed E-state index contributed by atoms with van der Waals surface area (Å²) in [5.74, 6) is 0. The molecule has 0 radical (unpaired) electrons. The Morgan fingerprint density at radius 2 is 2.18 bits per heavy atom. The number of aldehydes is 1. The normalized spacial score (nSPS) is 15.5. The maximum atomic E-state index is 11.8. The van der Waals surface area contributed by atoms with Gasteiger partial charge in [0.1, 0.15) is 6.29 Å². The van der Waals surface area contributed by atoms with E-state index >= 15 is 0 Å². The number of rotatable bonds is 4. The van der Waals surface area contributed by atoms with E-state index in [4.69, 9.17) is 0 Å². The van der Waals surface area contributed by atoms with Crippen LogP contribution < -0.4 is 4.90 Å². The summed E-state index contributed by atoms with van der Waals surface area (Å²) in [6.45, 7) is 1.49. The molecule has 0 bridgehead atoms. The Kier molecular flexibility index (Phi) is 3.42. The summed E-state index contributed by atoms with van der Waals surface area (Å²) in [6.07, 6.45) is 2.17. The highest BCUT2D eigenvalue weighted by molar-refractivity contribution is 5.93. The average Bonchev–Trinajstić information content (AvgIpc) is 2.68. The van der Waals surface area contributed by atoms with Crippen LogP contribution >= 0.6 is 0 Å². The fourth-order valence-corrected chi connectivity index (χ4v) is 1.99. The van der Waals surface area contributed by atoms with Crippen molar-refractivity contribution >= 4 is 18.0 Å². The molecular weight excluding hydrogens is 216 g/mol. The van der Waals surface area contributed by atoms with E-state index < -0.39 is 0 Å². The number of carbonyl (C=O) groups is 2. The summed E-state index contributed by atoms with van der Waals surface area (Å²) < 4.78 is 0. The molecule has 0 spiro atoms. The number of amides is 2. The van der Waals surface area contributed by atoms with Crippen molar-refractivity contribution in [3.05, 3.63) is 29.8 Å². The predicted molar refractivity (Wildman–Crippen MR) is 66.2 cm³/mol. The number of urea groups is 1. The molecule has 90 valence electrons. The Bertz CT molecular complexity index is 431. The zero-order valence-electron chi connectivity index (χ0n) is 9.93. The van der Waals surface area contributed by atoms with E-state index in [9.17, 15) is 9.59 Å². The lowest BCUT2D eigenvalue weighted by atomic mass is 10.1. The van der Waals surface area contributed by atoms with E-state index in [2.05, 4.69) is 0 Å². The highest BCUT2D eigenvalue weighted by Gasteiger charge is 2.26. The summed E-state index contributed by atoms with van der Waals surface area (Å²) in [4.78, 5) is 25.6. The van der Waals surface area contributed by atoms with Crippen LogP contribution in [0.15, 0.2) is 24.3 Å². The van der Waals surface area contributed by atoms with Gasteiger partial charge in [-0.05, 0) is 24.1 Å². The molecule has 1 aromatic carbocycles. The van der Waals surface area contributed by atoms with Crippen LogP contribution in [-0.2, 0) is 11.2 Å². The van der Waals surface area contributed by atoms with Crippen LogP contribution in [0.25, 0.3) is 0 Å². The molecule has 1 aliphatic rings. The van der Waals surface area contributed by atoms with E-state index in [0.29, 0.717) is 6.42 Å². The molecule has 1 aromatic rings. The van der Waals surface area contributed by atoms with Crippen LogP contribution in [0.4, 0.5) is 10.5 Å². The second kappa shape index (κ2) is 4.99. The molecule has 4 heteroatoms. The van der Waals surface area contributed by atoms with Crippen molar-refractivity contribution in [2.24, 2.45) is 0 Å². The summed E-state index contributed by atoms with van der Waals surface area (Å²) in [5.41, 5.74) is 2.01. The predicted octanol–water partition coefficient (Wildman–Crippen LogP) is 1.69. The van der Waals surface area contributed by atoms with Crippen molar-refractivity contribution < 1.29 is 9.59 Å². The van der Waals surface area contributed by atoms with Crippen LogP contribution in [0.1, 0.15) is 12.0 Å². The van der Waals surface area contributed by atoms with Crippen molar-refractivity contribution in [2.75, 3.05) is 25.0 Å². The second-order valence-electron chi connectivity index (χ2n) is 4.23. The van der Waals surface area contributed by atoms with Crippen LogP contribution in [0.5, 0.6) is 0 Å². The average molecular weight is 232 g/mol. The Balaban J connectivity index is 2.15. The van der Waals surface area contributed by atoms with Crippen molar-refractivity contribution in [3.63, 3.8) is 0 Å². The smallest absolute Gasteiger partial charge is 0.324 e. The number of anilines is 1. The Morgan fingerprint density at radius 1 is 1.35 bits per heavy atom. The summed E-state index contributed by atoms with van der Waals surface area (Å²) in [7, 11) is 1.80. The van der Waals surface area contributed by atoms with Gasteiger partial charge in [0.2, 0.25) is 0 Å². The van der Waals surface area contributed by atoms with Gasteiger partial charge < -0.3 is 9.69 Å². The number of hydrogen-bond acceptors (Lipinski definition) is 2. The van der Waals surface area contributed by atoms with Gasteiger partial charge in [0.15, 0.2) is 0 Å². The molecule has 0 unspecified atom stereocenters. The maximum absolute atomic E-state index is 11.8. The molecule has 0 atom stereocenters. The summed E-state index contributed by atoms with van der Waals surface area (Å²) in [5, 5.41) is 0. The SMILES string of the molecule is CN1CCN(c2cccc(CCC=O)c2)C1=O. The Labute approximate surface area is 101 Å². The van der Waals surface area contributed by atoms with Crippen molar-refractivity contribution in [1.29, 1.82) is 0 Å². The largest absolute Gasteiger partial charge is 0.326 e. The molecular formula is C13H16N2O2. The van der Waals surface area contributed by atoms with E-state index in [1.54, 1.807) is 16.8 Å². The van der Waals surface area contributed by atoms with E-state index in [-0.39, 0.29) is 6.03 Å². The first-order chi connectivity index (χ1) is 8.22. The zero-order chi connectivity index (χ0) is 12.3. The highest BCUT2D eigenvalue weighted by Crippen LogP contribution is 2.21. The first-order valence-corrected chi connectivity index (χ1v) is 5.77. The molecule has 0 saturated carbocycles. The van der Waals surface area contributed by atoms with Gasteiger partial charge >= 0.3 is 6.03 Å². The lowest BCUT2D eigenvalue weighted by Crippen LogP contribution is -2.29. The van der Waals surface area contributed by atoms with Gasteiger partial charge in [-0.25, -0.2) is 4.79 Å². The van der Waals surface area contributed by atoms with Gasteiger partial charge in [-0.2, -0.15) is 0 Å². The van der Waals surface area contributed by atoms with E-state index in [1.807, 2.05) is 24.3 Å². The van der Waals surface area contributed by atoms with Gasteiger partial charge in [-0.3, -0.25) is 4.90 Å². The first kappa shape index (κ1) is 11.6. The third-order valence-corrected chi connectivity index (χ3v) is 2.99. The second-order valence-corrected chi connectivity index (χ2v) is 4.23. The number of aryl methyl sites for hydroxylation is 1. The van der Waals surface area contributed by atoms with E-state index in [0.717, 1.165) is 37.0 Å². The highest BCUT2D eigenvalue weighted by atomic mass is 16.2. The molecule has 1 heterocycles. The number of carbonyl (C=O) groups excluding carboxylic acids is 2. The number of nitrogens with zero attached hydrogens (tertiary/aromatic N) is 2. The van der Waals surface area contributed by atoms with Gasteiger partial charge in [0, 0.05) is 32.2 Å². The zero-order valence-corrected chi connectivity index (χ0v) is 9.93. The molecule has 2 rings (SSSR count). The molecule has 1 fully saturated rings. The minimum Gasteiger partial charge on any atom is -0.326 e. The fraction of sp³-hybridized carbons (Fsp3) is 0.385. The number of hydrogen-bond donors (Lipinski definition) is 0. The molecule has 2 amide bonds. The molecule has 1 saturated heterocycles. The molecule has 1 aliphatic heterocycles. The third kappa shape index (κ3) is 2.46. The topological polar surface area (TPSA) is 40.6 Å². The minimum atomic E-state index is 0.0394. The quantitative estimate of drug-likeness (QED) is 0.741. The lowest BCUT2D eigenvalue weighted by molar-refractivity contribution is -0.107. The summed E-state index contributed by atoms with van der Waals surface area (Å²) >= 11 is 0. The molecule has 17 heavy (non-hydrogen) atoms. The summed E-state index contributed by atoms with van der Waals surface area (Å²) in [6, 6.07) is 7.87. The van der Waals surface area contributed by atoms with Crippen LogP contribution in [0.2, 0.25) is 0 Å². The van der Waals surface area contributed by atoms with Crippen LogP contribution in [0.3, 0.4) is 0 Å². The fourth-order valence-electron chi connectivity index (χ4n) is 1.99. The monoisotopic (exact) mass is 232 g/mol. The molecule has 0 aliphatic carbocycles.